The van der Waals surface area contributed by atoms with Crippen LogP contribution in [0.2, 0.25) is 0 Å². The summed E-state index contributed by atoms with van der Waals surface area (Å²) in [6.07, 6.45) is 7.50. The number of hydrogen-bond donors (Lipinski definition) is 0. The monoisotopic (exact) mass is 444 g/mol. The maximum atomic E-state index is 14.5. The summed E-state index contributed by atoms with van der Waals surface area (Å²) in [6, 6.07) is 10.8. The average Bonchev–Trinajstić information content (AvgIpc) is 2.83. The molecule has 32 heavy (non-hydrogen) atoms. The van der Waals surface area contributed by atoms with Gasteiger partial charge in [0.05, 0.1) is 32.0 Å². The fraction of sp³-hybridized carbons (Fsp3) is 0.556. The standard InChI is InChI=1S/C27H34F2O3/c1-3-5-22-12-10-21(17-31-22)24-14-11-20(16-32-24)18-6-8-19(9-7-18)23-13-15-25(30-4-2)27(29)26(23)28/h6-9,13,15,20-22,24H,3-5,10-12,14,16-17H2,1-2H3. The quantitative estimate of drug-likeness (QED) is 0.465. The van der Waals surface area contributed by atoms with E-state index in [0.29, 0.717) is 36.7 Å². The van der Waals surface area contributed by atoms with Gasteiger partial charge in [-0.05, 0) is 62.3 Å². The van der Waals surface area contributed by atoms with Gasteiger partial charge in [-0.1, -0.05) is 37.6 Å². The molecule has 0 N–H and O–H groups in total. The zero-order valence-corrected chi connectivity index (χ0v) is 19.1. The molecule has 3 nitrogen and oxygen atoms in total. The van der Waals surface area contributed by atoms with Crippen molar-refractivity contribution in [2.24, 2.45) is 5.92 Å². The lowest BCUT2D eigenvalue weighted by Gasteiger charge is -2.38. The van der Waals surface area contributed by atoms with Crippen molar-refractivity contribution in [3.8, 4) is 16.9 Å². The Balaban J connectivity index is 1.34. The van der Waals surface area contributed by atoms with Crippen LogP contribution in [-0.2, 0) is 9.47 Å². The third-order valence-electron chi connectivity index (χ3n) is 6.89. The second kappa shape index (κ2) is 10.8. The topological polar surface area (TPSA) is 27.7 Å². The Morgan fingerprint density at radius 2 is 1.69 bits per heavy atom. The fourth-order valence-electron chi connectivity index (χ4n) is 5.03. The Bertz CT molecular complexity index is 867. The molecule has 2 heterocycles. The molecule has 0 bridgehead atoms. The third-order valence-corrected chi connectivity index (χ3v) is 6.89. The van der Waals surface area contributed by atoms with Crippen molar-refractivity contribution in [3.05, 3.63) is 53.6 Å². The van der Waals surface area contributed by atoms with Crippen LogP contribution in [0.1, 0.15) is 63.9 Å². The summed E-state index contributed by atoms with van der Waals surface area (Å²) in [6.45, 7) is 5.76. The van der Waals surface area contributed by atoms with E-state index < -0.39 is 11.6 Å². The molecule has 0 aromatic heterocycles. The van der Waals surface area contributed by atoms with Crippen LogP contribution in [0.25, 0.3) is 11.1 Å². The first-order valence-corrected chi connectivity index (χ1v) is 12.0. The molecule has 0 amide bonds. The fourth-order valence-corrected chi connectivity index (χ4v) is 5.03. The highest BCUT2D eigenvalue weighted by atomic mass is 19.2. The minimum Gasteiger partial charge on any atom is -0.491 e. The highest BCUT2D eigenvalue weighted by Gasteiger charge is 2.32. The molecular formula is C27H34F2O3. The predicted octanol–water partition coefficient (Wildman–Crippen LogP) is 6.89. The van der Waals surface area contributed by atoms with Crippen LogP contribution in [0.4, 0.5) is 8.78 Å². The summed E-state index contributed by atoms with van der Waals surface area (Å²) >= 11 is 0. The van der Waals surface area contributed by atoms with E-state index in [1.165, 1.54) is 24.5 Å². The first-order valence-electron chi connectivity index (χ1n) is 12.0. The minimum atomic E-state index is -0.937. The first-order chi connectivity index (χ1) is 15.6. The number of ether oxygens (including phenoxy) is 3. The van der Waals surface area contributed by atoms with Crippen LogP contribution >= 0.6 is 0 Å². The van der Waals surface area contributed by atoms with Gasteiger partial charge < -0.3 is 14.2 Å². The van der Waals surface area contributed by atoms with E-state index in [2.05, 4.69) is 6.92 Å². The summed E-state index contributed by atoms with van der Waals surface area (Å²) in [7, 11) is 0. The van der Waals surface area contributed by atoms with Gasteiger partial charge in [0.2, 0.25) is 5.82 Å². The lowest BCUT2D eigenvalue weighted by molar-refractivity contribution is -0.0963. The van der Waals surface area contributed by atoms with Gasteiger partial charge in [-0.3, -0.25) is 0 Å². The van der Waals surface area contributed by atoms with Crippen LogP contribution < -0.4 is 4.74 Å². The molecule has 2 aromatic carbocycles. The molecule has 4 rings (SSSR count). The Morgan fingerprint density at radius 1 is 0.875 bits per heavy atom. The van der Waals surface area contributed by atoms with Gasteiger partial charge >= 0.3 is 0 Å². The molecule has 0 spiro atoms. The predicted molar refractivity (Wildman–Crippen MR) is 122 cm³/mol. The lowest BCUT2D eigenvalue weighted by Crippen LogP contribution is -2.38. The van der Waals surface area contributed by atoms with E-state index >= 15 is 0 Å². The molecule has 2 saturated heterocycles. The molecule has 5 heteroatoms. The SMILES string of the molecule is CCCC1CCC(C2CCC(c3ccc(-c4ccc(OCC)c(F)c4F)cc3)CO2)CO1. The number of rotatable bonds is 7. The summed E-state index contributed by atoms with van der Waals surface area (Å²) in [5, 5.41) is 0. The molecule has 0 aliphatic carbocycles. The van der Waals surface area contributed by atoms with Crippen LogP contribution in [0.3, 0.4) is 0 Å². The van der Waals surface area contributed by atoms with Crippen LogP contribution in [0, 0.1) is 17.6 Å². The minimum absolute atomic E-state index is 0.0523. The largest absolute Gasteiger partial charge is 0.491 e. The van der Waals surface area contributed by atoms with Crippen molar-refractivity contribution < 1.29 is 23.0 Å². The van der Waals surface area contributed by atoms with Crippen molar-refractivity contribution in [3.63, 3.8) is 0 Å². The highest BCUT2D eigenvalue weighted by molar-refractivity contribution is 5.65. The van der Waals surface area contributed by atoms with Gasteiger partial charge in [-0.2, -0.15) is 4.39 Å². The Morgan fingerprint density at radius 3 is 2.31 bits per heavy atom. The van der Waals surface area contributed by atoms with Gasteiger partial charge in [0.1, 0.15) is 0 Å². The molecule has 0 radical (unpaired) electrons. The smallest absolute Gasteiger partial charge is 0.201 e. The Hall–Kier alpha value is -1.98. The zero-order chi connectivity index (χ0) is 22.5. The molecule has 174 valence electrons. The summed E-state index contributed by atoms with van der Waals surface area (Å²) < 4.78 is 46.2. The zero-order valence-electron chi connectivity index (χ0n) is 19.1. The lowest BCUT2D eigenvalue weighted by atomic mass is 9.84. The molecular weight excluding hydrogens is 410 g/mol. The van der Waals surface area contributed by atoms with Crippen molar-refractivity contribution >= 4 is 0 Å². The van der Waals surface area contributed by atoms with Gasteiger partial charge in [0.15, 0.2) is 11.6 Å². The first kappa shape index (κ1) is 23.2. The van der Waals surface area contributed by atoms with E-state index in [9.17, 15) is 8.78 Å². The van der Waals surface area contributed by atoms with Crippen molar-refractivity contribution in [2.45, 2.75) is 70.5 Å². The van der Waals surface area contributed by atoms with Gasteiger partial charge in [0.25, 0.3) is 0 Å². The molecule has 4 atom stereocenters. The highest BCUT2D eigenvalue weighted by Crippen LogP contribution is 2.36. The van der Waals surface area contributed by atoms with Gasteiger partial charge in [-0.15, -0.1) is 0 Å². The van der Waals surface area contributed by atoms with Crippen molar-refractivity contribution in [1.82, 2.24) is 0 Å². The van der Waals surface area contributed by atoms with Crippen molar-refractivity contribution in [2.75, 3.05) is 19.8 Å². The van der Waals surface area contributed by atoms with E-state index in [1.54, 1.807) is 13.0 Å². The summed E-state index contributed by atoms with van der Waals surface area (Å²) in [5.41, 5.74) is 2.09. The van der Waals surface area contributed by atoms with Gasteiger partial charge in [-0.25, -0.2) is 4.39 Å². The molecule has 2 aliphatic rings. The molecule has 2 aromatic rings. The van der Waals surface area contributed by atoms with Crippen LogP contribution in [0.15, 0.2) is 36.4 Å². The third kappa shape index (κ3) is 5.15. The Kier molecular flexibility index (Phi) is 7.80. The van der Waals surface area contributed by atoms with Gasteiger partial charge in [0, 0.05) is 17.4 Å². The summed E-state index contributed by atoms with van der Waals surface area (Å²) in [4.78, 5) is 0. The average molecular weight is 445 g/mol. The van der Waals surface area contributed by atoms with E-state index in [4.69, 9.17) is 14.2 Å². The maximum Gasteiger partial charge on any atom is 0.201 e. The number of halogens is 2. The number of hydrogen-bond acceptors (Lipinski definition) is 3. The molecule has 4 unspecified atom stereocenters. The second-order valence-electron chi connectivity index (χ2n) is 9.02. The number of benzene rings is 2. The molecule has 2 aliphatic heterocycles. The van der Waals surface area contributed by atoms with E-state index in [1.807, 2.05) is 24.3 Å². The normalized spacial score (nSPS) is 26.1. The van der Waals surface area contributed by atoms with Crippen molar-refractivity contribution in [1.29, 1.82) is 0 Å². The molecule has 2 fully saturated rings. The second-order valence-corrected chi connectivity index (χ2v) is 9.02. The Labute approximate surface area is 190 Å². The van der Waals surface area contributed by atoms with E-state index in [-0.39, 0.29) is 17.4 Å². The van der Waals surface area contributed by atoms with Crippen LogP contribution in [-0.4, -0.2) is 32.0 Å². The van der Waals surface area contributed by atoms with E-state index in [0.717, 1.165) is 32.3 Å². The summed E-state index contributed by atoms with van der Waals surface area (Å²) in [5.74, 6) is -1.02. The van der Waals surface area contributed by atoms with Crippen LogP contribution in [0.5, 0.6) is 5.75 Å². The molecule has 0 saturated carbocycles. The maximum absolute atomic E-state index is 14.5.